The first-order valence-electron chi connectivity index (χ1n) is 9.33. The van der Waals surface area contributed by atoms with Crippen LogP contribution in [0.3, 0.4) is 0 Å². The molecule has 2 aromatic heterocycles. The molecule has 0 spiro atoms. The average Bonchev–Trinajstić information content (AvgIpc) is 3.19. The quantitative estimate of drug-likeness (QED) is 0.657. The largest absolute Gasteiger partial charge is 0.416 e. The number of nitrogens with zero attached hydrogens (tertiary/aromatic N) is 7. The third kappa shape index (κ3) is 3.91. The number of anilines is 2. The molecule has 0 amide bonds. The molecule has 1 aliphatic rings. The molecule has 0 aliphatic carbocycles. The summed E-state index contributed by atoms with van der Waals surface area (Å²) in [7, 11) is 0. The van der Waals surface area contributed by atoms with Crippen molar-refractivity contribution in [2.24, 2.45) is 0 Å². The van der Waals surface area contributed by atoms with Crippen molar-refractivity contribution in [2.45, 2.75) is 13.1 Å². The van der Waals surface area contributed by atoms with Gasteiger partial charge in [-0.2, -0.15) is 23.5 Å². The Morgan fingerprint density at radius 3 is 2.17 bits per heavy atom. The Kier molecular flexibility index (Phi) is 5.03. The Balaban J connectivity index is 1.45. The third-order valence-electron chi connectivity index (χ3n) is 4.98. The van der Waals surface area contributed by atoms with Crippen LogP contribution in [-0.2, 0) is 6.18 Å². The van der Waals surface area contributed by atoms with Crippen molar-refractivity contribution in [3.63, 3.8) is 0 Å². The standard InChI is InChI=1S/C20H18F3N7/c1-14-6-7-30(27-14)19-5-4-18(25-26-19)29-10-8-28(9-11-29)17-3-2-16(20(21,22)23)12-15(17)13-24/h2-7,12H,8-11H2,1H3. The first kappa shape index (κ1) is 19.7. The molecule has 1 fully saturated rings. The van der Waals surface area contributed by atoms with E-state index in [9.17, 15) is 18.4 Å². The van der Waals surface area contributed by atoms with E-state index >= 15 is 0 Å². The molecule has 3 heterocycles. The van der Waals surface area contributed by atoms with Gasteiger partial charge in [-0.05, 0) is 43.3 Å². The van der Waals surface area contributed by atoms with Crippen LogP contribution in [0.15, 0.2) is 42.6 Å². The van der Waals surface area contributed by atoms with Gasteiger partial charge in [0.2, 0.25) is 0 Å². The second-order valence-corrected chi connectivity index (χ2v) is 6.97. The molecule has 7 nitrogen and oxygen atoms in total. The summed E-state index contributed by atoms with van der Waals surface area (Å²) >= 11 is 0. The molecule has 1 aromatic carbocycles. The van der Waals surface area contributed by atoms with Crippen LogP contribution in [0.1, 0.15) is 16.8 Å². The molecule has 30 heavy (non-hydrogen) atoms. The number of piperazine rings is 1. The smallest absolute Gasteiger partial charge is 0.367 e. The van der Waals surface area contributed by atoms with Crippen molar-refractivity contribution in [2.75, 3.05) is 36.0 Å². The van der Waals surface area contributed by atoms with Gasteiger partial charge in [0.1, 0.15) is 6.07 Å². The lowest BCUT2D eigenvalue weighted by Gasteiger charge is -2.37. The summed E-state index contributed by atoms with van der Waals surface area (Å²) in [6.45, 7) is 4.23. The van der Waals surface area contributed by atoms with E-state index in [4.69, 9.17) is 0 Å². The van der Waals surface area contributed by atoms with Crippen molar-refractivity contribution in [3.8, 4) is 11.9 Å². The van der Waals surface area contributed by atoms with Gasteiger partial charge in [0.15, 0.2) is 11.6 Å². The zero-order valence-electron chi connectivity index (χ0n) is 16.1. The van der Waals surface area contributed by atoms with Gasteiger partial charge in [0, 0.05) is 32.4 Å². The van der Waals surface area contributed by atoms with Crippen molar-refractivity contribution < 1.29 is 13.2 Å². The van der Waals surface area contributed by atoms with Crippen LogP contribution >= 0.6 is 0 Å². The molecule has 4 rings (SSSR count). The summed E-state index contributed by atoms with van der Waals surface area (Å²) in [6, 6.07) is 10.8. The summed E-state index contributed by atoms with van der Waals surface area (Å²) in [5, 5.41) is 22.1. The molecule has 0 N–H and O–H groups in total. The molecule has 1 aliphatic heterocycles. The number of benzene rings is 1. The SMILES string of the molecule is Cc1ccn(-c2ccc(N3CCN(c4ccc(C(F)(F)F)cc4C#N)CC3)nn2)n1. The Morgan fingerprint density at radius 2 is 1.60 bits per heavy atom. The highest BCUT2D eigenvalue weighted by Gasteiger charge is 2.31. The minimum Gasteiger partial charge on any atom is -0.367 e. The molecule has 0 radical (unpaired) electrons. The summed E-state index contributed by atoms with van der Waals surface area (Å²) in [5.74, 6) is 1.34. The fourth-order valence-corrected chi connectivity index (χ4v) is 3.41. The fraction of sp³-hybridized carbons (Fsp3) is 0.300. The van der Waals surface area contributed by atoms with E-state index in [1.54, 1.807) is 4.68 Å². The summed E-state index contributed by atoms with van der Waals surface area (Å²) < 4.78 is 40.4. The van der Waals surface area contributed by atoms with E-state index in [0.29, 0.717) is 37.7 Å². The lowest BCUT2D eigenvalue weighted by Crippen LogP contribution is -2.47. The highest BCUT2D eigenvalue weighted by atomic mass is 19.4. The maximum atomic E-state index is 12.9. The highest BCUT2D eigenvalue weighted by Crippen LogP contribution is 2.33. The number of alkyl halides is 3. The monoisotopic (exact) mass is 413 g/mol. The van der Waals surface area contributed by atoms with Crippen molar-refractivity contribution in [1.29, 1.82) is 5.26 Å². The van der Waals surface area contributed by atoms with Crippen molar-refractivity contribution in [1.82, 2.24) is 20.0 Å². The van der Waals surface area contributed by atoms with Crippen LogP contribution in [0.4, 0.5) is 24.7 Å². The molecule has 0 saturated carbocycles. The number of hydrogen-bond donors (Lipinski definition) is 0. The predicted molar refractivity (Wildman–Crippen MR) is 104 cm³/mol. The van der Waals surface area contributed by atoms with E-state index in [-0.39, 0.29) is 5.56 Å². The van der Waals surface area contributed by atoms with Gasteiger partial charge in [-0.15, -0.1) is 10.2 Å². The number of nitriles is 1. The van der Waals surface area contributed by atoms with Gasteiger partial charge in [-0.25, -0.2) is 4.68 Å². The minimum absolute atomic E-state index is 0.0249. The van der Waals surface area contributed by atoms with Crippen LogP contribution in [-0.4, -0.2) is 46.2 Å². The van der Waals surface area contributed by atoms with Crippen molar-refractivity contribution >= 4 is 11.5 Å². The summed E-state index contributed by atoms with van der Waals surface area (Å²) in [6.07, 6.45) is -2.66. The maximum Gasteiger partial charge on any atom is 0.416 e. The number of rotatable bonds is 3. The van der Waals surface area contributed by atoms with Crippen molar-refractivity contribution in [3.05, 3.63) is 59.4 Å². The van der Waals surface area contributed by atoms with Crippen LogP contribution in [0.2, 0.25) is 0 Å². The first-order chi connectivity index (χ1) is 14.3. The van der Waals surface area contributed by atoms with Crippen LogP contribution in [0.25, 0.3) is 5.82 Å². The minimum atomic E-state index is -4.47. The molecule has 1 saturated heterocycles. The Morgan fingerprint density at radius 1 is 0.933 bits per heavy atom. The molecule has 154 valence electrons. The molecular weight excluding hydrogens is 395 g/mol. The zero-order chi connectivity index (χ0) is 21.3. The van der Waals surface area contributed by atoms with Crippen LogP contribution in [0.5, 0.6) is 0 Å². The van der Waals surface area contributed by atoms with Gasteiger partial charge in [-0.3, -0.25) is 0 Å². The summed E-state index contributed by atoms with van der Waals surface area (Å²) in [4.78, 5) is 3.97. The van der Waals surface area contributed by atoms with E-state index in [1.165, 1.54) is 6.07 Å². The van der Waals surface area contributed by atoms with Gasteiger partial charge in [0.25, 0.3) is 0 Å². The molecule has 10 heteroatoms. The summed E-state index contributed by atoms with van der Waals surface area (Å²) in [5.41, 5.74) is 0.610. The van der Waals surface area contributed by atoms with Crippen LogP contribution in [0, 0.1) is 18.3 Å². The van der Waals surface area contributed by atoms with E-state index in [1.807, 2.05) is 42.3 Å². The molecular formula is C20H18F3N7. The Hall–Kier alpha value is -3.61. The molecule has 0 unspecified atom stereocenters. The zero-order valence-corrected chi connectivity index (χ0v) is 16.1. The number of aryl methyl sites for hydroxylation is 1. The number of hydrogen-bond acceptors (Lipinski definition) is 6. The lowest BCUT2D eigenvalue weighted by atomic mass is 10.1. The average molecular weight is 413 g/mol. The second-order valence-electron chi connectivity index (χ2n) is 6.97. The molecule has 0 bridgehead atoms. The maximum absolute atomic E-state index is 12.9. The third-order valence-corrected chi connectivity index (χ3v) is 4.98. The van der Waals surface area contributed by atoms with Gasteiger partial charge in [-0.1, -0.05) is 0 Å². The second kappa shape index (κ2) is 7.67. The van der Waals surface area contributed by atoms with Gasteiger partial charge < -0.3 is 9.80 Å². The Bertz CT molecular complexity index is 1080. The lowest BCUT2D eigenvalue weighted by molar-refractivity contribution is -0.137. The highest BCUT2D eigenvalue weighted by molar-refractivity contribution is 5.61. The van der Waals surface area contributed by atoms with E-state index < -0.39 is 11.7 Å². The van der Waals surface area contributed by atoms with E-state index in [2.05, 4.69) is 20.2 Å². The van der Waals surface area contributed by atoms with Gasteiger partial charge >= 0.3 is 6.18 Å². The molecule has 0 atom stereocenters. The Labute approximate surface area is 171 Å². The number of aromatic nitrogens is 4. The number of halogens is 3. The van der Waals surface area contributed by atoms with Gasteiger partial charge in [0.05, 0.1) is 22.5 Å². The normalized spacial score (nSPS) is 14.6. The first-order valence-corrected chi connectivity index (χ1v) is 9.33. The van der Waals surface area contributed by atoms with Crippen LogP contribution < -0.4 is 9.80 Å². The fourth-order valence-electron chi connectivity index (χ4n) is 3.41. The molecule has 3 aromatic rings. The van der Waals surface area contributed by atoms with E-state index in [0.717, 1.165) is 23.6 Å². The predicted octanol–water partition coefficient (Wildman–Crippen LogP) is 3.19. The topological polar surface area (TPSA) is 73.9 Å².